The van der Waals surface area contributed by atoms with Crippen LogP contribution in [0.15, 0.2) is 24.9 Å². The Labute approximate surface area is 125 Å². The van der Waals surface area contributed by atoms with Gasteiger partial charge in [-0.15, -0.1) is 0 Å². The molecule has 3 N–H and O–H groups in total. The normalized spacial score (nSPS) is 25.1. The molecular formula is C13H15N5O4. The summed E-state index contributed by atoms with van der Waals surface area (Å²) < 4.78 is 7.28. The van der Waals surface area contributed by atoms with Gasteiger partial charge in [0.05, 0.1) is 19.0 Å². The lowest BCUT2D eigenvalue weighted by atomic mass is 10.2. The number of hydrogen-bond donors (Lipinski definition) is 3. The van der Waals surface area contributed by atoms with E-state index in [2.05, 4.69) is 20.3 Å². The summed E-state index contributed by atoms with van der Waals surface area (Å²) >= 11 is 0. The fraction of sp³-hybridized carbons (Fsp3) is 0.385. The van der Waals surface area contributed by atoms with Gasteiger partial charge in [0.15, 0.2) is 17.0 Å². The number of carbonyl (C=O) groups excluding carboxylic acids is 1. The molecule has 0 aliphatic carbocycles. The van der Waals surface area contributed by atoms with Crippen molar-refractivity contribution in [1.82, 2.24) is 19.5 Å². The number of aldehydes is 1. The fourth-order valence-corrected chi connectivity index (χ4v) is 2.38. The number of nitrogens with one attached hydrogen (secondary N) is 1. The molecule has 1 fully saturated rings. The second kappa shape index (κ2) is 6.18. The van der Waals surface area contributed by atoms with Gasteiger partial charge in [-0.05, 0) is 6.08 Å². The molecule has 3 rings (SSSR count). The molecule has 1 aliphatic rings. The summed E-state index contributed by atoms with van der Waals surface area (Å²) in [5, 5.41) is 21.8. The summed E-state index contributed by atoms with van der Waals surface area (Å²) in [6, 6.07) is 0. The van der Waals surface area contributed by atoms with Gasteiger partial charge < -0.3 is 20.3 Å². The molecule has 0 bridgehead atoms. The van der Waals surface area contributed by atoms with Gasteiger partial charge in [-0.2, -0.15) is 0 Å². The molecular weight excluding hydrogens is 290 g/mol. The number of rotatable bonds is 5. The largest absolute Gasteiger partial charge is 0.394 e. The zero-order valence-corrected chi connectivity index (χ0v) is 11.5. The van der Waals surface area contributed by atoms with Gasteiger partial charge in [0.2, 0.25) is 0 Å². The minimum Gasteiger partial charge on any atom is -0.394 e. The van der Waals surface area contributed by atoms with Crippen LogP contribution in [0.25, 0.3) is 11.2 Å². The van der Waals surface area contributed by atoms with E-state index in [0.29, 0.717) is 29.7 Å². The Hall–Kier alpha value is -2.36. The van der Waals surface area contributed by atoms with E-state index in [1.54, 1.807) is 10.9 Å². The highest BCUT2D eigenvalue weighted by Gasteiger charge is 2.35. The van der Waals surface area contributed by atoms with Gasteiger partial charge in [0.1, 0.15) is 24.9 Å². The number of anilines is 1. The minimum atomic E-state index is -0.734. The van der Waals surface area contributed by atoms with Gasteiger partial charge in [0.25, 0.3) is 0 Å². The van der Waals surface area contributed by atoms with Crippen LogP contribution in [0.3, 0.4) is 0 Å². The molecule has 1 aliphatic heterocycles. The lowest BCUT2D eigenvalue weighted by Gasteiger charge is -2.13. The zero-order chi connectivity index (χ0) is 15.5. The van der Waals surface area contributed by atoms with Crippen LogP contribution in [0.4, 0.5) is 5.82 Å². The van der Waals surface area contributed by atoms with Gasteiger partial charge in [-0.1, -0.05) is 0 Å². The molecule has 9 heteroatoms. The maximum atomic E-state index is 10.3. The van der Waals surface area contributed by atoms with E-state index in [0.717, 1.165) is 0 Å². The molecule has 0 amide bonds. The number of carbonyl (C=O) groups is 1. The van der Waals surface area contributed by atoms with Crippen LogP contribution in [0.2, 0.25) is 0 Å². The number of allylic oxidation sites excluding steroid dienone is 1. The number of nitrogens with zero attached hydrogens (tertiary/aromatic N) is 4. The average molecular weight is 305 g/mol. The summed E-state index contributed by atoms with van der Waals surface area (Å²) in [6.07, 6.45) is 4.85. The summed E-state index contributed by atoms with van der Waals surface area (Å²) in [7, 11) is 0. The summed E-state index contributed by atoms with van der Waals surface area (Å²) in [5.74, 6) is 0.458. The van der Waals surface area contributed by atoms with E-state index in [4.69, 9.17) is 9.84 Å². The number of aliphatic hydroxyl groups is 2. The minimum absolute atomic E-state index is 0.247. The standard InChI is InChI=1S/C13H15N5O4/c19-3-1-2-14-12-11-13(16-6-15-12)18(7-17-11)10-4-8(21)9(5-20)22-10/h1-3,6-10,20-21H,4-5H2,(H,14,15,16)/t8-,9+,10+/m0/s1. The Balaban J connectivity index is 1.91. The molecule has 0 radical (unpaired) electrons. The average Bonchev–Trinajstić information content (AvgIpc) is 3.11. The second-order valence-corrected chi connectivity index (χ2v) is 4.80. The lowest BCUT2D eigenvalue weighted by molar-refractivity contribution is -0.104. The highest BCUT2D eigenvalue weighted by atomic mass is 16.5. The Morgan fingerprint density at radius 2 is 2.32 bits per heavy atom. The molecule has 1 saturated heterocycles. The Kier molecular flexibility index (Phi) is 4.09. The first-order valence-electron chi connectivity index (χ1n) is 6.73. The monoisotopic (exact) mass is 305 g/mol. The maximum absolute atomic E-state index is 10.3. The van der Waals surface area contributed by atoms with Crippen molar-refractivity contribution in [2.75, 3.05) is 11.9 Å². The molecule has 0 saturated carbocycles. The summed E-state index contributed by atoms with van der Waals surface area (Å²) in [5.41, 5.74) is 1.05. The van der Waals surface area contributed by atoms with Crippen LogP contribution in [0.5, 0.6) is 0 Å². The van der Waals surface area contributed by atoms with Crippen molar-refractivity contribution in [1.29, 1.82) is 0 Å². The van der Waals surface area contributed by atoms with E-state index in [9.17, 15) is 9.90 Å². The topological polar surface area (TPSA) is 122 Å². The maximum Gasteiger partial charge on any atom is 0.167 e. The zero-order valence-electron chi connectivity index (χ0n) is 11.5. The number of fused-ring (bicyclic) bond motifs is 1. The van der Waals surface area contributed by atoms with Gasteiger partial charge >= 0.3 is 0 Å². The van der Waals surface area contributed by atoms with Crippen molar-refractivity contribution in [2.24, 2.45) is 0 Å². The highest BCUT2D eigenvalue weighted by molar-refractivity contribution is 5.83. The van der Waals surface area contributed by atoms with Crippen molar-refractivity contribution in [3.05, 3.63) is 24.9 Å². The molecule has 0 spiro atoms. The predicted molar refractivity (Wildman–Crippen MR) is 75.8 cm³/mol. The summed E-state index contributed by atoms with van der Waals surface area (Å²) in [6.45, 7) is -0.247. The van der Waals surface area contributed by atoms with Gasteiger partial charge in [-0.3, -0.25) is 9.36 Å². The van der Waals surface area contributed by atoms with Crippen LogP contribution < -0.4 is 5.32 Å². The molecule has 2 aromatic heterocycles. The molecule has 22 heavy (non-hydrogen) atoms. The third-order valence-corrected chi connectivity index (χ3v) is 3.45. The third-order valence-electron chi connectivity index (χ3n) is 3.45. The van der Waals surface area contributed by atoms with Crippen LogP contribution in [0, 0.1) is 0 Å². The van der Waals surface area contributed by atoms with Crippen LogP contribution in [-0.2, 0) is 9.53 Å². The summed E-state index contributed by atoms with van der Waals surface area (Å²) in [4.78, 5) is 22.8. The van der Waals surface area contributed by atoms with E-state index >= 15 is 0 Å². The quantitative estimate of drug-likeness (QED) is 0.503. The van der Waals surface area contributed by atoms with Crippen molar-refractivity contribution >= 4 is 23.3 Å². The van der Waals surface area contributed by atoms with Crippen LogP contribution >= 0.6 is 0 Å². The lowest BCUT2D eigenvalue weighted by Crippen LogP contribution is -2.24. The molecule has 3 atom stereocenters. The predicted octanol–water partition coefficient (Wildman–Crippen LogP) is -0.409. The number of imidazole rings is 1. The number of aromatic nitrogens is 4. The van der Waals surface area contributed by atoms with Gasteiger partial charge in [-0.25, -0.2) is 15.0 Å². The van der Waals surface area contributed by atoms with E-state index < -0.39 is 18.4 Å². The van der Waals surface area contributed by atoms with E-state index in [-0.39, 0.29) is 6.61 Å². The third kappa shape index (κ3) is 2.56. The van der Waals surface area contributed by atoms with Crippen LogP contribution in [-0.4, -0.2) is 54.8 Å². The molecule has 3 heterocycles. The molecule has 2 aromatic rings. The van der Waals surface area contributed by atoms with Crippen molar-refractivity contribution < 1.29 is 19.7 Å². The first-order valence-corrected chi connectivity index (χ1v) is 6.73. The SMILES string of the molecule is O=CC=CNc1ncnc2c1ncn2[C@H]1C[C@H](O)[C@@H](CO)O1. The van der Waals surface area contributed by atoms with Gasteiger partial charge in [0, 0.05) is 12.6 Å². The Morgan fingerprint density at radius 1 is 1.45 bits per heavy atom. The Bertz CT molecular complexity index is 701. The number of aliphatic hydroxyl groups excluding tert-OH is 2. The number of hydrogen-bond acceptors (Lipinski definition) is 8. The van der Waals surface area contributed by atoms with E-state index in [1.165, 1.54) is 18.6 Å². The first-order chi connectivity index (χ1) is 10.7. The second-order valence-electron chi connectivity index (χ2n) is 4.80. The van der Waals surface area contributed by atoms with Crippen molar-refractivity contribution in [3.63, 3.8) is 0 Å². The number of ether oxygens (including phenoxy) is 1. The highest BCUT2D eigenvalue weighted by Crippen LogP contribution is 2.31. The smallest absolute Gasteiger partial charge is 0.167 e. The first kappa shape index (κ1) is 14.6. The molecule has 9 nitrogen and oxygen atoms in total. The van der Waals surface area contributed by atoms with E-state index in [1.807, 2.05) is 0 Å². The van der Waals surface area contributed by atoms with Crippen molar-refractivity contribution in [3.8, 4) is 0 Å². The molecule has 116 valence electrons. The fourth-order valence-electron chi connectivity index (χ4n) is 2.38. The van der Waals surface area contributed by atoms with Crippen LogP contribution in [0.1, 0.15) is 12.6 Å². The Morgan fingerprint density at radius 3 is 3.05 bits per heavy atom. The molecule has 0 aromatic carbocycles. The van der Waals surface area contributed by atoms with Crippen molar-refractivity contribution in [2.45, 2.75) is 24.9 Å². The molecule has 0 unspecified atom stereocenters.